The summed E-state index contributed by atoms with van der Waals surface area (Å²) in [4.78, 5) is 17.7. The summed E-state index contributed by atoms with van der Waals surface area (Å²) in [5.74, 6) is 1.59. The van der Waals surface area contributed by atoms with Crippen molar-refractivity contribution in [1.82, 2.24) is 20.4 Å². The van der Waals surface area contributed by atoms with Crippen LogP contribution in [0.2, 0.25) is 0 Å². The van der Waals surface area contributed by atoms with Crippen LogP contribution in [-0.2, 0) is 4.79 Å². The van der Waals surface area contributed by atoms with Gasteiger partial charge in [-0.25, -0.2) is 0 Å². The van der Waals surface area contributed by atoms with Gasteiger partial charge in [-0.3, -0.25) is 4.79 Å². The molecule has 148 valence electrons. The molecule has 4 N–H and O–H groups in total. The van der Waals surface area contributed by atoms with Gasteiger partial charge in [0, 0.05) is 31.7 Å². The van der Waals surface area contributed by atoms with Gasteiger partial charge in [-0.05, 0) is 83.0 Å². The van der Waals surface area contributed by atoms with E-state index in [4.69, 9.17) is 5.73 Å². The zero-order chi connectivity index (χ0) is 17.9. The van der Waals surface area contributed by atoms with Gasteiger partial charge in [-0.15, -0.1) is 0 Å². The first-order chi connectivity index (χ1) is 12.7. The van der Waals surface area contributed by atoms with Gasteiger partial charge in [0.05, 0.1) is 6.04 Å². The van der Waals surface area contributed by atoms with Crippen molar-refractivity contribution in [2.24, 2.45) is 17.6 Å². The largest absolute Gasteiger partial charge is 0.341 e. The lowest BCUT2D eigenvalue weighted by Gasteiger charge is -2.41. The maximum absolute atomic E-state index is 12.9. The van der Waals surface area contributed by atoms with E-state index >= 15 is 0 Å². The van der Waals surface area contributed by atoms with Gasteiger partial charge >= 0.3 is 0 Å². The van der Waals surface area contributed by atoms with Crippen LogP contribution in [0.3, 0.4) is 0 Å². The van der Waals surface area contributed by atoms with Crippen molar-refractivity contribution in [2.75, 3.05) is 45.8 Å². The number of amides is 1. The average Bonchev–Trinajstić information content (AvgIpc) is 3.23. The van der Waals surface area contributed by atoms with E-state index in [1.54, 1.807) is 0 Å². The lowest BCUT2D eigenvalue weighted by Crippen LogP contribution is -2.56. The molecule has 0 spiro atoms. The summed E-state index contributed by atoms with van der Waals surface area (Å²) in [6.45, 7) is 7.41. The molecule has 0 radical (unpaired) electrons. The highest BCUT2D eigenvalue weighted by molar-refractivity contribution is 5.82. The number of hydrogen-bond donors (Lipinski definition) is 3. The quantitative estimate of drug-likeness (QED) is 0.676. The predicted octanol–water partition coefficient (Wildman–Crippen LogP) is 0.378. The van der Waals surface area contributed by atoms with E-state index in [1.165, 1.54) is 32.4 Å². The Morgan fingerprint density at radius 3 is 2.35 bits per heavy atom. The molecule has 0 aromatic carbocycles. The summed E-state index contributed by atoms with van der Waals surface area (Å²) in [6.07, 6.45) is 8.32. The summed E-state index contributed by atoms with van der Waals surface area (Å²) in [7, 11) is 0. The highest BCUT2D eigenvalue weighted by atomic mass is 16.2. The number of rotatable bonds is 3. The van der Waals surface area contributed by atoms with Gasteiger partial charge in [-0.1, -0.05) is 0 Å². The van der Waals surface area contributed by atoms with Crippen LogP contribution in [0, 0.1) is 11.8 Å². The first kappa shape index (κ1) is 18.7. The lowest BCUT2D eigenvalue weighted by molar-refractivity contribution is -0.136. The van der Waals surface area contributed by atoms with Crippen LogP contribution in [0.25, 0.3) is 0 Å². The molecule has 26 heavy (non-hydrogen) atoms. The van der Waals surface area contributed by atoms with Crippen LogP contribution in [0.5, 0.6) is 0 Å². The molecule has 4 atom stereocenters. The maximum Gasteiger partial charge on any atom is 0.239 e. The van der Waals surface area contributed by atoms with E-state index in [0.29, 0.717) is 23.8 Å². The van der Waals surface area contributed by atoms with E-state index in [-0.39, 0.29) is 12.1 Å². The molecule has 4 fully saturated rings. The van der Waals surface area contributed by atoms with E-state index in [9.17, 15) is 4.79 Å². The topological polar surface area (TPSA) is 73.6 Å². The second-order valence-electron chi connectivity index (χ2n) is 8.92. The minimum atomic E-state index is 0.0347. The number of nitrogens with zero attached hydrogens (tertiary/aromatic N) is 2. The van der Waals surface area contributed by atoms with Crippen LogP contribution in [0.1, 0.15) is 44.9 Å². The molecule has 0 bridgehead atoms. The number of nitrogens with two attached hydrogens (primary N) is 1. The van der Waals surface area contributed by atoms with E-state index in [1.807, 2.05) is 0 Å². The van der Waals surface area contributed by atoms with Crippen LogP contribution in [0.4, 0.5) is 0 Å². The minimum absolute atomic E-state index is 0.0347. The van der Waals surface area contributed by atoms with Crippen LogP contribution >= 0.6 is 0 Å². The maximum atomic E-state index is 12.9. The summed E-state index contributed by atoms with van der Waals surface area (Å²) in [6, 6.07) is 1.02. The zero-order valence-electron chi connectivity index (χ0n) is 16.2. The number of hydrogen-bond acceptors (Lipinski definition) is 5. The van der Waals surface area contributed by atoms with Gasteiger partial charge in [0.25, 0.3) is 0 Å². The van der Waals surface area contributed by atoms with E-state index < -0.39 is 0 Å². The molecule has 6 heteroatoms. The second-order valence-corrected chi connectivity index (χ2v) is 8.92. The normalized spacial score (nSPS) is 37.8. The number of likely N-dealkylation sites (tertiary alicyclic amines) is 2. The predicted molar refractivity (Wildman–Crippen MR) is 104 cm³/mol. The fraction of sp³-hybridized carbons (Fsp3) is 0.950. The monoisotopic (exact) mass is 363 g/mol. The van der Waals surface area contributed by atoms with Gasteiger partial charge in [0.15, 0.2) is 0 Å². The first-order valence-corrected chi connectivity index (χ1v) is 10.9. The van der Waals surface area contributed by atoms with Gasteiger partial charge in [0.1, 0.15) is 0 Å². The van der Waals surface area contributed by atoms with Crippen LogP contribution in [-0.4, -0.2) is 79.6 Å². The van der Waals surface area contributed by atoms with Crippen molar-refractivity contribution in [1.29, 1.82) is 0 Å². The number of carbonyl (C=O) groups is 1. The highest BCUT2D eigenvalue weighted by Gasteiger charge is 2.36. The Bertz CT molecular complexity index is 465. The van der Waals surface area contributed by atoms with Crippen molar-refractivity contribution in [3.05, 3.63) is 0 Å². The fourth-order valence-corrected chi connectivity index (χ4v) is 5.72. The van der Waals surface area contributed by atoms with Crippen molar-refractivity contribution in [3.8, 4) is 0 Å². The average molecular weight is 364 g/mol. The Kier molecular flexibility index (Phi) is 6.14. The molecule has 4 rings (SSSR count). The third-order valence-corrected chi connectivity index (χ3v) is 7.37. The Hall–Kier alpha value is -0.690. The summed E-state index contributed by atoms with van der Waals surface area (Å²) < 4.78 is 0. The number of piperidine rings is 3. The lowest BCUT2D eigenvalue weighted by atomic mass is 9.77. The molecule has 1 amide bonds. The SMILES string of the molecule is NC1CNCCC1C1CC[C@H](C(=O)N2CCC(N3CCCC3)CC2)NC1. The third kappa shape index (κ3) is 4.08. The Balaban J connectivity index is 1.22. The molecule has 4 heterocycles. The number of nitrogens with one attached hydrogen (secondary N) is 2. The molecule has 4 aliphatic heterocycles. The molecular formula is C20H37N5O. The number of carbonyl (C=O) groups excluding carboxylic acids is 1. The molecule has 0 aliphatic carbocycles. The Morgan fingerprint density at radius 1 is 0.923 bits per heavy atom. The molecule has 3 unspecified atom stereocenters. The zero-order valence-corrected chi connectivity index (χ0v) is 16.2. The van der Waals surface area contributed by atoms with E-state index in [2.05, 4.69) is 20.4 Å². The van der Waals surface area contributed by atoms with Crippen LogP contribution < -0.4 is 16.4 Å². The molecule has 6 nitrogen and oxygen atoms in total. The van der Waals surface area contributed by atoms with Gasteiger partial charge < -0.3 is 26.2 Å². The summed E-state index contributed by atoms with van der Waals surface area (Å²) >= 11 is 0. The van der Waals surface area contributed by atoms with Crippen molar-refractivity contribution < 1.29 is 4.79 Å². The van der Waals surface area contributed by atoms with Crippen molar-refractivity contribution in [2.45, 2.75) is 63.1 Å². The smallest absolute Gasteiger partial charge is 0.239 e. The third-order valence-electron chi connectivity index (χ3n) is 7.37. The summed E-state index contributed by atoms with van der Waals surface area (Å²) in [5.41, 5.74) is 6.32. The highest BCUT2D eigenvalue weighted by Crippen LogP contribution is 2.29. The summed E-state index contributed by atoms with van der Waals surface area (Å²) in [5, 5.41) is 6.96. The van der Waals surface area contributed by atoms with Gasteiger partial charge in [0.2, 0.25) is 5.91 Å². The molecule has 0 aromatic heterocycles. The van der Waals surface area contributed by atoms with Crippen molar-refractivity contribution >= 4 is 5.91 Å². The molecule has 0 aromatic rings. The second kappa shape index (κ2) is 8.55. The molecule has 4 aliphatic rings. The molecular weight excluding hydrogens is 326 g/mol. The minimum Gasteiger partial charge on any atom is -0.341 e. The Morgan fingerprint density at radius 2 is 1.69 bits per heavy atom. The van der Waals surface area contributed by atoms with Crippen molar-refractivity contribution in [3.63, 3.8) is 0 Å². The molecule has 4 saturated heterocycles. The van der Waals surface area contributed by atoms with E-state index in [0.717, 1.165) is 58.4 Å². The first-order valence-electron chi connectivity index (χ1n) is 10.9. The van der Waals surface area contributed by atoms with Gasteiger partial charge in [-0.2, -0.15) is 0 Å². The fourth-order valence-electron chi connectivity index (χ4n) is 5.72. The standard InChI is InChI=1S/C20H37N5O/c21-18-14-22-8-5-17(18)15-3-4-19(23-13-15)20(26)25-11-6-16(7-12-25)24-9-1-2-10-24/h15-19,22-23H,1-14,21H2/t15?,17?,18?,19-/m1/s1. The Labute approximate surface area is 158 Å². The molecule has 0 saturated carbocycles. The van der Waals surface area contributed by atoms with Crippen LogP contribution in [0.15, 0.2) is 0 Å².